The number of nitrogens with zero attached hydrogens (tertiary/aromatic N) is 2. The van der Waals surface area contributed by atoms with Crippen LogP contribution in [0.3, 0.4) is 0 Å². The van der Waals surface area contributed by atoms with Gasteiger partial charge in [0.25, 0.3) is 0 Å². The lowest BCUT2D eigenvalue weighted by molar-refractivity contribution is 0.105. The van der Waals surface area contributed by atoms with Gasteiger partial charge in [0.2, 0.25) is 5.67 Å². The number of alkyl halides is 1. The summed E-state index contributed by atoms with van der Waals surface area (Å²) < 4.78 is 18.4. The predicted molar refractivity (Wildman–Crippen MR) is 47.0 cm³/mol. The number of methoxy groups -OCH3 is 1. The summed E-state index contributed by atoms with van der Waals surface area (Å²) in [5.41, 5.74) is -1.64. The maximum Gasteiger partial charge on any atom is 0.209 e. The molecular weight excluding hydrogens is 171 g/mol. The van der Waals surface area contributed by atoms with E-state index in [0.29, 0.717) is 19.6 Å². The van der Waals surface area contributed by atoms with E-state index in [1.807, 2.05) is 11.8 Å². The monoisotopic (exact) mass is 186 g/mol. The maximum absolute atomic E-state index is 13.4. The standard InChI is InChI=1S/C9H15FN2O/c1-8(5-13-2)12-4-3-9(10,6-11)7-12/h8H,3-5,7H2,1-2H3. The Morgan fingerprint density at radius 1 is 1.77 bits per heavy atom. The Morgan fingerprint density at radius 3 is 2.92 bits per heavy atom. The number of rotatable bonds is 3. The van der Waals surface area contributed by atoms with Crippen molar-refractivity contribution >= 4 is 0 Å². The average molecular weight is 186 g/mol. The Labute approximate surface area is 78.1 Å². The van der Waals surface area contributed by atoms with Crippen LogP contribution in [0.2, 0.25) is 0 Å². The van der Waals surface area contributed by atoms with Crippen LogP contribution in [0.1, 0.15) is 13.3 Å². The van der Waals surface area contributed by atoms with Gasteiger partial charge < -0.3 is 4.74 Å². The molecule has 0 bridgehead atoms. The summed E-state index contributed by atoms with van der Waals surface area (Å²) in [5, 5.41) is 8.57. The van der Waals surface area contributed by atoms with Crippen LogP contribution in [0.25, 0.3) is 0 Å². The number of ether oxygens (including phenoxy) is 1. The quantitative estimate of drug-likeness (QED) is 0.658. The van der Waals surface area contributed by atoms with E-state index in [2.05, 4.69) is 0 Å². The first-order chi connectivity index (χ1) is 6.11. The molecule has 0 aromatic heterocycles. The summed E-state index contributed by atoms with van der Waals surface area (Å²) in [6.45, 7) is 3.43. The second-order valence-corrected chi connectivity index (χ2v) is 3.60. The molecule has 1 rings (SSSR count). The van der Waals surface area contributed by atoms with Crippen molar-refractivity contribution in [2.24, 2.45) is 0 Å². The highest BCUT2D eigenvalue weighted by molar-refractivity contribution is 5.07. The SMILES string of the molecule is COCC(C)N1CCC(F)(C#N)C1. The van der Waals surface area contributed by atoms with Crippen molar-refractivity contribution in [3.05, 3.63) is 0 Å². The van der Waals surface area contributed by atoms with Crippen LogP contribution >= 0.6 is 0 Å². The molecule has 0 saturated carbocycles. The molecule has 4 heteroatoms. The molecular formula is C9H15FN2O. The van der Waals surface area contributed by atoms with Crippen LogP contribution in [0, 0.1) is 11.3 Å². The minimum Gasteiger partial charge on any atom is -0.383 e. The van der Waals surface area contributed by atoms with Gasteiger partial charge in [-0.3, -0.25) is 4.90 Å². The van der Waals surface area contributed by atoms with Crippen molar-refractivity contribution in [2.45, 2.75) is 25.1 Å². The van der Waals surface area contributed by atoms with Gasteiger partial charge in [-0.15, -0.1) is 0 Å². The zero-order chi connectivity index (χ0) is 9.90. The third-order valence-electron chi connectivity index (χ3n) is 2.48. The van der Waals surface area contributed by atoms with E-state index in [-0.39, 0.29) is 12.6 Å². The third kappa shape index (κ3) is 2.39. The molecule has 1 heterocycles. The van der Waals surface area contributed by atoms with Gasteiger partial charge in [-0.2, -0.15) is 5.26 Å². The van der Waals surface area contributed by atoms with Crippen LogP contribution in [-0.2, 0) is 4.74 Å². The minimum absolute atomic E-state index is 0.191. The van der Waals surface area contributed by atoms with Crippen LogP contribution in [-0.4, -0.2) is 43.4 Å². The first kappa shape index (κ1) is 10.4. The molecule has 0 N–H and O–H groups in total. The molecule has 0 aliphatic carbocycles. The van der Waals surface area contributed by atoms with Crippen molar-refractivity contribution in [1.82, 2.24) is 4.90 Å². The molecule has 1 aliphatic heterocycles. The smallest absolute Gasteiger partial charge is 0.209 e. The second kappa shape index (κ2) is 4.03. The summed E-state index contributed by atoms with van der Waals surface area (Å²) >= 11 is 0. The van der Waals surface area contributed by atoms with Gasteiger partial charge in [0.15, 0.2) is 0 Å². The number of halogens is 1. The molecule has 2 atom stereocenters. The Morgan fingerprint density at radius 2 is 2.46 bits per heavy atom. The van der Waals surface area contributed by atoms with Crippen molar-refractivity contribution in [3.8, 4) is 6.07 Å². The number of likely N-dealkylation sites (tertiary alicyclic amines) is 1. The lowest BCUT2D eigenvalue weighted by Crippen LogP contribution is -2.36. The Balaban J connectivity index is 2.46. The molecule has 1 fully saturated rings. The highest BCUT2D eigenvalue weighted by Crippen LogP contribution is 2.26. The first-order valence-corrected chi connectivity index (χ1v) is 4.44. The molecule has 0 amide bonds. The molecule has 1 saturated heterocycles. The highest BCUT2D eigenvalue weighted by Gasteiger charge is 2.39. The summed E-state index contributed by atoms with van der Waals surface area (Å²) in [6, 6.07) is 1.91. The van der Waals surface area contributed by atoms with E-state index >= 15 is 0 Å². The number of hydrogen-bond acceptors (Lipinski definition) is 3. The van der Waals surface area contributed by atoms with E-state index in [4.69, 9.17) is 10.00 Å². The Kier molecular flexibility index (Phi) is 3.23. The number of hydrogen-bond donors (Lipinski definition) is 0. The minimum atomic E-state index is -1.64. The van der Waals surface area contributed by atoms with E-state index in [1.165, 1.54) is 0 Å². The van der Waals surface area contributed by atoms with Gasteiger partial charge in [0.1, 0.15) is 6.07 Å². The lowest BCUT2D eigenvalue weighted by Gasteiger charge is -2.23. The topological polar surface area (TPSA) is 36.3 Å². The van der Waals surface area contributed by atoms with Gasteiger partial charge in [-0.05, 0) is 6.92 Å². The molecule has 0 aromatic carbocycles. The summed E-state index contributed by atoms with van der Waals surface area (Å²) in [7, 11) is 1.62. The van der Waals surface area contributed by atoms with Gasteiger partial charge in [0.05, 0.1) is 6.61 Å². The molecule has 3 nitrogen and oxygen atoms in total. The zero-order valence-corrected chi connectivity index (χ0v) is 8.09. The van der Waals surface area contributed by atoms with E-state index in [0.717, 1.165) is 0 Å². The van der Waals surface area contributed by atoms with Gasteiger partial charge in [-0.25, -0.2) is 4.39 Å². The fourth-order valence-corrected chi connectivity index (χ4v) is 1.61. The predicted octanol–water partition coefficient (Wildman–Crippen LogP) is 0.959. The summed E-state index contributed by atoms with van der Waals surface area (Å²) in [4.78, 5) is 1.95. The van der Waals surface area contributed by atoms with Crippen molar-refractivity contribution in [2.75, 3.05) is 26.8 Å². The van der Waals surface area contributed by atoms with Crippen LogP contribution in [0.4, 0.5) is 4.39 Å². The highest BCUT2D eigenvalue weighted by atomic mass is 19.1. The fraction of sp³-hybridized carbons (Fsp3) is 0.889. The largest absolute Gasteiger partial charge is 0.383 e. The Bertz CT molecular complexity index is 216. The first-order valence-electron chi connectivity index (χ1n) is 4.44. The summed E-state index contributed by atoms with van der Waals surface area (Å²) in [5.74, 6) is 0. The third-order valence-corrected chi connectivity index (χ3v) is 2.48. The normalized spacial score (nSPS) is 31.5. The molecule has 0 radical (unpaired) electrons. The van der Waals surface area contributed by atoms with Crippen molar-refractivity contribution in [1.29, 1.82) is 5.26 Å². The summed E-state index contributed by atoms with van der Waals surface area (Å²) in [6.07, 6.45) is 0.317. The number of nitriles is 1. The molecule has 1 aliphatic rings. The molecule has 2 unspecified atom stereocenters. The van der Waals surface area contributed by atoms with E-state index in [1.54, 1.807) is 13.2 Å². The zero-order valence-electron chi connectivity index (χ0n) is 8.09. The van der Waals surface area contributed by atoms with Crippen LogP contribution in [0.15, 0.2) is 0 Å². The van der Waals surface area contributed by atoms with Crippen LogP contribution < -0.4 is 0 Å². The fourth-order valence-electron chi connectivity index (χ4n) is 1.61. The van der Waals surface area contributed by atoms with E-state index < -0.39 is 5.67 Å². The van der Waals surface area contributed by atoms with Gasteiger partial charge in [-0.1, -0.05) is 0 Å². The second-order valence-electron chi connectivity index (χ2n) is 3.60. The molecule has 13 heavy (non-hydrogen) atoms. The Hall–Kier alpha value is -0.660. The molecule has 0 aromatic rings. The molecule has 0 spiro atoms. The maximum atomic E-state index is 13.4. The van der Waals surface area contributed by atoms with Gasteiger partial charge >= 0.3 is 0 Å². The van der Waals surface area contributed by atoms with Crippen molar-refractivity contribution in [3.63, 3.8) is 0 Å². The van der Waals surface area contributed by atoms with Crippen LogP contribution in [0.5, 0.6) is 0 Å². The van der Waals surface area contributed by atoms with E-state index in [9.17, 15) is 4.39 Å². The molecule has 74 valence electrons. The van der Waals surface area contributed by atoms with Gasteiger partial charge in [0, 0.05) is 32.7 Å². The lowest BCUT2D eigenvalue weighted by atomic mass is 10.1. The average Bonchev–Trinajstić information content (AvgIpc) is 2.50. The van der Waals surface area contributed by atoms with Crippen molar-refractivity contribution < 1.29 is 9.13 Å².